The van der Waals surface area contributed by atoms with Gasteiger partial charge in [-0.15, -0.1) is 0 Å². The summed E-state index contributed by atoms with van der Waals surface area (Å²) >= 11 is 0. The molecule has 136 valence electrons. The molecular formula is C18H32N4O2. The smallest absolute Gasteiger partial charge is 0.409 e. The first kappa shape index (κ1) is 17.4. The molecule has 6 nitrogen and oxygen atoms in total. The first-order valence-corrected chi connectivity index (χ1v) is 9.67. The van der Waals surface area contributed by atoms with E-state index in [1.54, 1.807) is 4.90 Å². The number of carbonyl (C=O) groups excluding carboxylic acids is 1. The predicted molar refractivity (Wildman–Crippen MR) is 95.1 cm³/mol. The number of carbonyl (C=O) groups is 1. The maximum absolute atomic E-state index is 11.8. The van der Waals surface area contributed by atoms with Crippen LogP contribution in [0, 0.1) is 17.8 Å². The third-order valence-corrected chi connectivity index (χ3v) is 5.35. The van der Waals surface area contributed by atoms with Crippen molar-refractivity contribution < 1.29 is 9.53 Å². The van der Waals surface area contributed by atoms with Crippen molar-refractivity contribution in [3.05, 3.63) is 0 Å². The molecule has 1 heterocycles. The zero-order valence-corrected chi connectivity index (χ0v) is 15.2. The Morgan fingerprint density at radius 2 is 1.67 bits per heavy atom. The largest absolute Gasteiger partial charge is 0.450 e. The number of guanidine groups is 1. The first-order chi connectivity index (χ1) is 11.7. The lowest BCUT2D eigenvalue weighted by Gasteiger charge is -2.36. The van der Waals surface area contributed by atoms with Crippen LogP contribution in [-0.4, -0.2) is 67.7 Å². The highest BCUT2D eigenvalue weighted by molar-refractivity contribution is 5.80. The molecular weight excluding hydrogens is 304 g/mol. The SMILES string of the molecule is CCNC(=NCC(C1CC1)C1CC1)N1CCN(C(=O)OCC)CC1. The second kappa shape index (κ2) is 8.08. The minimum Gasteiger partial charge on any atom is -0.450 e. The van der Waals surface area contributed by atoms with Gasteiger partial charge in [0.05, 0.1) is 6.61 Å². The van der Waals surface area contributed by atoms with Gasteiger partial charge in [-0.05, 0) is 57.3 Å². The summed E-state index contributed by atoms with van der Waals surface area (Å²) in [6.45, 7) is 9.31. The van der Waals surface area contributed by atoms with Crippen LogP contribution in [-0.2, 0) is 4.74 Å². The quantitative estimate of drug-likeness (QED) is 0.596. The summed E-state index contributed by atoms with van der Waals surface area (Å²) in [4.78, 5) is 20.9. The van der Waals surface area contributed by atoms with Crippen LogP contribution in [0.3, 0.4) is 0 Å². The molecule has 2 aliphatic carbocycles. The second-order valence-electron chi connectivity index (χ2n) is 7.21. The molecule has 0 aromatic carbocycles. The van der Waals surface area contributed by atoms with Crippen molar-refractivity contribution in [2.24, 2.45) is 22.7 Å². The van der Waals surface area contributed by atoms with Crippen LogP contribution in [0.2, 0.25) is 0 Å². The van der Waals surface area contributed by atoms with E-state index in [1.165, 1.54) is 25.7 Å². The number of aliphatic imine (C=N–C) groups is 1. The van der Waals surface area contributed by atoms with Gasteiger partial charge in [0, 0.05) is 39.3 Å². The lowest BCUT2D eigenvalue weighted by molar-refractivity contribution is 0.0914. The fourth-order valence-electron chi connectivity index (χ4n) is 3.67. The van der Waals surface area contributed by atoms with Crippen LogP contribution >= 0.6 is 0 Å². The fourth-order valence-corrected chi connectivity index (χ4v) is 3.67. The van der Waals surface area contributed by atoms with Crippen molar-refractivity contribution >= 4 is 12.1 Å². The second-order valence-corrected chi connectivity index (χ2v) is 7.21. The normalized spacial score (nSPS) is 22.0. The number of piperazine rings is 1. The van der Waals surface area contributed by atoms with E-state index in [1.807, 2.05) is 6.92 Å². The molecule has 0 radical (unpaired) electrons. The zero-order valence-electron chi connectivity index (χ0n) is 15.2. The number of hydrogen-bond donors (Lipinski definition) is 1. The monoisotopic (exact) mass is 336 g/mol. The molecule has 6 heteroatoms. The molecule has 3 rings (SSSR count). The van der Waals surface area contributed by atoms with E-state index < -0.39 is 0 Å². The van der Waals surface area contributed by atoms with Gasteiger partial charge >= 0.3 is 6.09 Å². The maximum Gasteiger partial charge on any atom is 0.409 e. The van der Waals surface area contributed by atoms with Crippen LogP contribution in [0.5, 0.6) is 0 Å². The zero-order chi connectivity index (χ0) is 16.9. The maximum atomic E-state index is 11.8. The van der Waals surface area contributed by atoms with Gasteiger partial charge < -0.3 is 19.9 Å². The van der Waals surface area contributed by atoms with E-state index >= 15 is 0 Å². The van der Waals surface area contributed by atoms with E-state index in [4.69, 9.17) is 9.73 Å². The molecule has 2 saturated carbocycles. The van der Waals surface area contributed by atoms with Crippen molar-refractivity contribution in [3.63, 3.8) is 0 Å². The number of hydrogen-bond acceptors (Lipinski definition) is 3. The Hall–Kier alpha value is -1.46. The number of nitrogens with zero attached hydrogens (tertiary/aromatic N) is 3. The average Bonchev–Trinajstić information content (AvgIpc) is 3.48. The van der Waals surface area contributed by atoms with Crippen molar-refractivity contribution in [2.45, 2.75) is 39.5 Å². The van der Waals surface area contributed by atoms with E-state index in [0.717, 1.165) is 49.9 Å². The molecule has 0 aromatic rings. The molecule has 0 atom stereocenters. The van der Waals surface area contributed by atoms with E-state index in [-0.39, 0.29) is 6.09 Å². The highest BCUT2D eigenvalue weighted by atomic mass is 16.6. The topological polar surface area (TPSA) is 57.2 Å². The standard InChI is InChI=1S/C18H32N4O2/c1-3-19-17(20-13-16(14-5-6-14)15-7-8-15)21-9-11-22(12-10-21)18(23)24-4-2/h14-16H,3-13H2,1-2H3,(H,19,20). The summed E-state index contributed by atoms with van der Waals surface area (Å²) in [5.41, 5.74) is 0. The molecule has 0 bridgehead atoms. The summed E-state index contributed by atoms with van der Waals surface area (Å²) < 4.78 is 5.09. The predicted octanol–water partition coefficient (Wildman–Crippen LogP) is 2.16. The van der Waals surface area contributed by atoms with Gasteiger partial charge in [0.25, 0.3) is 0 Å². The molecule has 0 unspecified atom stereocenters. The molecule has 0 spiro atoms. The lowest BCUT2D eigenvalue weighted by atomic mass is 9.98. The summed E-state index contributed by atoms with van der Waals surface area (Å²) in [6.07, 6.45) is 5.44. The van der Waals surface area contributed by atoms with Crippen molar-refractivity contribution in [3.8, 4) is 0 Å². The Kier molecular flexibility index (Phi) is 5.85. The molecule has 1 saturated heterocycles. The van der Waals surface area contributed by atoms with E-state index in [0.29, 0.717) is 19.7 Å². The van der Waals surface area contributed by atoms with Gasteiger partial charge in [-0.1, -0.05) is 0 Å². The minimum absolute atomic E-state index is 0.193. The van der Waals surface area contributed by atoms with Crippen LogP contribution in [0.25, 0.3) is 0 Å². The summed E-state index contributed by atoms with van der Waals surface area (Å²) in [5.74, 6) is 3.70. The number of ether oxygens (including phenoxy) is 1. The fraction of sp³-hybridized carbons (Fsp3) is 0.889. The molecule has 3 fully saturated rings. The van der Waals surface area contributed by atoms with Crippen molar-refractivity contribution in [1.29, 1.82) is 0 Å². The van der Waals surface area contributed by atoms with Crippen LogP contribution in [0.15, 0.2) is 4.99 Å². The lowest BCUT2D eigenvalue weighted by Crippen LogP contribution is -2.54. The third kappa shape index (κ3) is 4.54. The summed E-state index contributed by atoms with van der Waals surface area (Å²) in [6, 6.07) is 0. The average molecular weight is 336 g/mol. The van der Waals surface area contributed by atoms with Crippen molar-refractivity contribution in [2.75, 3.05) is 45.9 Å². The number of amides is 1. The van der Waals surface area contributed by atoms with E-state index in [2.05, 4.69) is 17.1 Å². The minimum atomic E-state index is -0.193. The molecule has 1 amide bonds. The van der Waals surface area contributed by atoms with Gasteiger partial charge in [0.2, 0.25) is 0 Å². The van der Waals surface area contributed by atoms with Gasteiger partial charge in [-0.3, -0.25) is 4.99 Å². The van der Waals surface area contributed by atoms with Gasteiger partial charge in [-0.25, -0.2) is 4.79 Å². The van der Waals surface area contributed by atoms with Crippen LogP contribution in [0.1, 0.15) is 39.5 Å². The molecule has 24 heavy (non-hydrogen) atoms. The van der Waals surface area contributed by atoms with Crippen LogP contribution in [0.4, 0.5) is 4.79 Å². The molecule has 1 aliphatic heterocycles. The summed E-state index contributed by atoms with van der Waals surface area (Å²) in [7, 11) is 0. The Labute approximate surface area is 145 Å². The third-order valence-electron chi connectivity index (χ3n) is 5.35. The van der Waals surface area contributed by atoms with Crippen LogP contribution < -0.4 is 5.32 Å². The first-order valence-electron chi connectivity index (χ1n) is 9.67. The summed E-state index contributed by atoms with van der Waals surface area (Å²) in [5, 5.41) is 3.44. The number of nitrogens with one attached hydrogen (secondary N) is 1. The molecule has 1 N–H and O–H groups in total. The Morgan fingerprint density at radius 1 is 1.08 bits per heavy atom. The highest BCUT2D eigenvalue weighted by Crippen LogP contribution is 2.49. The van der Waals surface area contributed by atoms with Gasteiger partial charge in [-0.2, -0.15) is 0 Å². The van der Waals surface area contributed by atoms with Gasteiger partial charge in [0.15, 0.2) is 5.96 Å². The number of rotatable bonds is 6. The highest BCUT2D eigenvalue weighted by Gasteiger charge is 2.41. The Balaban J connectivity index is 1.53. The molecule has 0 aromatic heterocycles. The van der Waals surface area contributed by atoms with Gasteiger partial charge in [0.1, 0.15) is 0 Å². The molecule has 3 aliphatic rings. The van der Waals surface area contributed by atoms with Crippen molar-refractivity contribution in [1.82, 2.24) is 15.1 Å². The Bertz CT molecular complexity index is 440. The van der Waals surface area contributed by atoms with E-state index in [9.17, 15) is 4.79 Å². The Morgan fingerprint density at radius 3 is 2.17 bits per heavy atom.